The number of carboxylic acid groups (broad SMARTS) is 1. The Labute approximate surface area is 78.4 Å². The maximum Gasteiger partial charge on any atom is 0.320 e. The van der Waals surface area contributed by atoms with Crippen molar-refractivity contribution in [3.05, 3.63) is 0 Å². The maximum atomic E-state index is 10.4. The van der Waals surface area contributed by atoms with Crippen molar-refractivity contribution in [1.82, 2.24) is 5.32 Å². The van der Waals surface area contributed by atoms with Crippen molar-refractivity contribution in [3.63, 3.8) is 0 Å². The van der Waals surface area contributed by atoms with Gasteiger partial charge in [0.15, 0.2) is 0 Å². The lowest BCUT2D eigenvalue weighted by molar-refractivity contribution is -0.139. The number of nitrogens with one attached hydrogen (secondary N) is 1. The van der Waals surface area contributed by atoms with Crippen molar-refractivity contribution < 1.29 is 9.90 Å². The zero-order chi connectivity index (χ0) is 7.98. The van der Waals surface area contributed by atoms with E-state index in [1.165, 1.54) is 0 Å². The highest BCUT2D eigenvalue weighted by Gasteiger charge is 2.12. The number of rotatable bonds is 5. The lowest BCUT2D eigenvalue weighted by atomic mass is 10.2. The van der Waals surface area contributed by atoms with E-state index in [0.29, 0.717) is 6.42 Å². The molecule has 0 aromatic rings. The molecule has 1 atom stereocenters. The van der Waals surface area contributed by atoms with Crippen molar-refractivity contribution in [1.29, 1.82) is 0 Å². The summed E-state index contributed by atoms with van der Waals surface area (Å²) in [4.78, 5) is 10.4. The minimum absolute atomic E-state index is 0. The number of carboxylic acids is 1. The second kappa shape index (κ2) is 8.23. The van der Waals surface area contributed by atoms with Crippen LogP contribution in [0.5, 0.6) is 0 Å². The predicted molar refractivity (Wildman–Crippen MR) is 53.9 cm³/mol. The minimum atomic E-state index is -0.767. The van der Waals surface area contributed by atoms with Crippen molar-refractivity contribution >= 4 is 31.2 Å². The van der Waals surface area contributed by atoms with E-state index < -0.39 is 5.97 Å². The van der Waals surface area contributed by atoms with E-state index in [4.69, 9.17) is 5.11 Å². The Hall–Kier alpha value is 0.130. The molecule has 0 saturated carbocycles. The van der Waals surface area contributed by atoms with Crippen LogP contribution < -0.4 is 5.32 Å². The highest BCUT2D eigenvalue weighted by Crippen LogP contribution is 1.99. The summed E-state index contributed by atoms with van der Waals surface area (Å²) in [5.41, 5.74) is 0. The highest BCUT2D eigenvalue weighted by atomic mass is 32.2. The first-order chi connectivity index (χ1) is 4.72. The van der Waals surface area contributed by atoms with E-state index in [1.807, 2.05) is 6.26 Å². The van der Waals surface area contributed by atoms with Gasteiger partial charge in [-0.3, -0.25) is 4.79 Å². The summed E-state index contributed by atoms with van der Waals surface area (Å²) in [7, 11) is 1.67. The van der Waals surface area contributed by atoms with Crippen molar-refractivity contribution in [2.45, 2.75) is 12.5 Å². The van der Waals surface area contributed by atoms with Gasteiger partial charge in [-0.2, -0.15) is 25.3 Å². The fraction of sp³-hybridized carbons (Fsp3) is 0.833. The van der Waals surface area contributed by atoms with Gasteiger partial charge in [0, 0.05) is 0 Å². The van der Waals surface area contributed by atoms with Crippen LogP contribution in [0.2, 0.25) is 0 Å². The van der Waals surface area contributed by atoms with E-state index in [0.717, 1.165) is 5.75 Å². The standard InChI is InChI=1S/C6H13NO2S.H2S/c1-7-5(6(8)9)3-4-10-2;/h5,7H,3-4H2,1-2H3,(H,8,9);1H2/t5-;/m0./s1. The molecule has 3 nitrogen and oxygen atoms in total. The van der Waals surface area contributed by atoms with Gasteiger partial charge in [-0.25, -0.2) is 0 Å². The zero-order valence-electron chi connectivity index (χ0n) is 6.76. The number of thioether (sulfide) groups is 1. The molecule has 0 unspecified atom stereocenters. The molecule has 0 radical (unpaired) electrons. The summed E-state index contributed by atoms with van der Waals surface area (Å²) in [6, 6.07) is -0.382. The number of hydrogen-bond acceptors (Lipinski definition) is 3. The molecule has 2 N–H and O–H groups in total. The first-order valence-electron chi connectivity index (χ1n) is 3.11. The molecule has 0 bridgehead atoms. The third kappa shape index (κ3) is 6.52. The fourth-order valence-corrected chi connectivity index (χ4v) is 1.10. The maximum absolute atomic E-state index is 10.4. The van der Waals surface area contributed by atoms with Crippen LogP contribution in [-0.2, 0) is 4.79 Å². The first kappa shape index (κ1) is 13.7. The summed E-state index contributed by atoms with van der Waals surface area (Å²) in [5, 5.41) is 11.3. The van der Waals surface area contributed by atoms with Crippen LogP contribution in [0.3, 0.4) is 0 Å². The molecule has 0 aromatic carbocycles. The molecule has 0 amide bonds. The molecular weight excluding hydrogens is 182 g/mol. The molecule has 0 fully saturated rings. The van der Waals surface area contributed by atoms with Crippen LogP contribution in [0.15, 0.2) is 0 Å². The number of carbonyl (C=O) groups is 1. The Bertz CT molecular complexity index is 111. The van der Waals surface area contributed by atoms with E-state index in [2.05, 4.69) is 5.32 Å². The lowest BCUT2D eigenvalue weighted by Crippen LogP contribution is -2.34. The van der Waals surface area contributed by atoms with Gasteiger partial charge in [0.1, 0.15) is 6.04 Å². The van der Waals surface area contributed by atoms with Crippen LogP contribution in [0.4, 0.5) is 0 Å². The Morgan fingerprint density at radius 3 is 2.55 bits per heavy atom. The molecular formula is C6H15NO2S2. The summed E-state index contributed by atoms with van der Waals surface area (Å²) in [6.07, 6.45) is 2.65. The van der Waals surface area contributed by atoms with Gasteiger partial charge in [-0.1, -0.05) is 0 Å². The quantitative estimate of drug-likeness (QED) is 0.675. The molecule has 0 spiro atoms. The molecule has 0 saturated heterocycles. The molecule has 0 aliphatic heterocycles. The van der Waals surface area contributed by atoms with Gasteiger partial charge in [0.25, 0.3) is 0 Å². The second-order valence-corrected chi connectivity index (χ2v) is 2.95. The molecule has 0 aliphatic carbocycles. The third-order valence-electron chi connectivity index (χ3n) is 1.26. The zero-order valence-corrected chi connectivity index (χ0v) is 8.57. The van der Waals surface area contributed by atoms with E-state index in [9.17, 15) is 4.79 Å². The largest absolute Gasteiger partial charge is 0.480 e. The molecule has 5 heteroatoms. The number of aliphatic carboxylic acids is 1. The Kier molecular flexibility index (Phi) is 10.2. The Balaban J connectivity index is 0. The third-order valence-corrected chi connectivity index (χ3v) is 1.90. The molecule has 11 heavy (non-hydrogen) atoms. The van der Waals surface area contributed by atoms with Crippen LogP contribution in [0, 0.1) is 0 Å². The average molecular weight is 197 g/mol. The molecule has 68 valence electrons. The smallest absolute Gasteiger partial charge is 0.320 e. The van der Waals surface area contributed by atoms with Gasteiger partial charge in [-0.15, -0.1) is 0 Å². The molecule has 0 aromatic heterocycles. The predicted octanol–water partition coefficient (Wildman–Crippen LogP) is 0.525. The highest BCUT2D eigenvalue weighted by molar-refractivity contribution is 7.98. The van der Waals surface area contributed by atoms with Crippen LogP contribution in [0.1, 0.15) is 6.42 Å². The van der Waals surface area contributed by atoms with Crippen LogP contribution in [-0.4, -0.2) is 36.2 Å². The van der Waals surface area contributed by atoms with E-state index >= 15 is 0 Å². The Morgan fingerprint density at radius 2 is 2.27 bits per heavy atom. The van der Waals surface area contributed by atoms with Crippen molar-refractivity contribution in [2.24, 2.45) is 0 Å². The lowest BCUT2D eigenvalue weighted by Gasteiger charge is -2.08. The topological polar surface area (TPSA) is 49.3 Å². The first-order valence-corrected chi connectivity index (χ1v) is 4.50. The van der Waals surface area contributed by atoms with Gasteiger partial charge < -0.3 is 10.4 Å². The van der Waals surface area contributed by atoms with Crippen LogP contribution in [0.25, 0.3) is 0 Å². The van der Waals surface area contributed by atoms with Gasteiger partial charge in [0.05, 0.1) is 0 Å². The summed E-state index contributed by atoms with van der Waals surface area (Å²) >= 11 is 1.66. The monoisotopic (exact) mass is 197 g/mol. The Morgan fingerprint density at radius 1 is 1.73 bits per heavy atom. The fourth-order valence-electron chi connectivity index (χ4n) is 0.627. The van der Waals surface area contributed by atoms with Gasteiger partial charge in [-0.05, 0) is 25.5 Å². The minimum Gasteiger partial charge on any atom is -0.480 e. The van der Waals surface area contributed by atoms with E-state index in [-0.39, 0.29) is 19.5 Å². The van der Waals surface area contributed by atoms with Crippen molar-refractivity contribution in [3.8, 4) is 0 Å². The van der Waals surface area contributed by atoms with Crippen molar-refractivity contribution in [2.75, 3.05) is 19.1 Å². The number of likely N-dealkylation sites (N-methyl/N-ethyl adjacent to an activating group) is 1. The second-order valence-electron chi connectivity index (χ2n) is 1.96. The summed E-state index contributed by atoms with van der Waals surface area (Å²) in [5.74, 6) is 0.120. The molecule has 0 rings (SSSR count). The number of hydrogen-bond donors (Lipinski definition) is 2. The molecule has 0 aliphatic rings. The average Bonchev–Trinajstić information content (AvgIpc) is 1.89. The summed E-state index contributed by atoms with van der Waals surface area (Å²) < 4.78 is 0. The van der Waals surface area contributed by atoms with Gasteiger partial charge >= 0.3 is 5.97 Å². The van der Waals surface area contributed by atoms with Gasteiger partial charge in [0.2, 0.25) is 0 Å². The van der Waals surface area contributed by atoms with E-state index in [1.54, 1.807) is 18.8 Å². The molecule has 0 heterocycles. The summed E-state index contributed by atoms with van der Waals surface area (Å²) in [6.45, 7) is 0. The normalized spacial score (nSPS) is 11.8. The SMILES string of the molecule is CN[C@@H](CCSC)C(=O)O.S. The van der Waals surface area contributed by atoms with Crippen LogP contribution >= 0.6 is 25.3 Å².